The van der Waals surface area contributed by atoms with Gasteiger partial charge in [0, 0.05) is 31.3 Å². The monoisotopic (exact) mass is 417 g/mol. The molecule has 1 aromatic heterocycles. The fourth-order valence-corrected chi connectivity index (χ4v) is 3.76. The van der Waals surface area contributed by atoms with Crippen molar-refractivity contribution in [3.05, 3.63) is 45.8 Å². The minimum atomic E-state index is -1.12. The number of aromatic nitrogens is 2. The Labute approximate surface area is 170 Å². The number of fused-ring (bicyclic) bond motifs is 1. The first-order valence-electron chi connectivity index (χ1n) is 9.76. The Morgan fingerprint density at radius 3 is 2.63 bits per heavy atom. The van der Waals surface area contributed by atoms with E-state index < -0.39 is 34.9 Å². The number of nitrogens with one attached hydrogen (secondary N) is 3. The van der Waals surface area contributed by atoms with Crippen LogP contribution in [0.15, 0.2) is 23.0 Å². The smallest absolute Gasteiger partial charge is 0.258 e. The van der Waals surface area contributed by atoms with Crippen LogP contribution in [-0.2, 0) is 9.59 Å². The fraction of sp³-hybridized carbons (Fsp3) is 0.400. The van der Waals surface area contributed by atoms with Crippen molar-refractivity contribution in [1.29, 1.82) is 0 Å². The molecule has 0 bridgehead atoms. The number of hydrogen-bond acceptors (Lipinski definition) is 5. The van der Waals surface area contributed by atoms with Crippen LogP contribution in [0.2, 0.25) is 0 Å². The highest BCUT2D eigenvalue weighted by molar-refractivity contribution is 6.04. The maximum absolute atomic E-state index is 13.4. The molecule has 10 heteroatoms. The van der Waals surface area contributed by atoms with E-state index in [2.05, 4.69) is 27.5 Å². The minimum Gasteiger partial charge on any atom is -0.342 e. The first-order valence-corrected chi connectivity index (χ1v) is 9.76. The lowest BCUT2D eigenvalue weighted by atomic mass is 9.92. The summed E-state index contributed by atoms with van der Waals surface area (Å²) in [5, 5.41) is 5.00. The van der Waals surface area contributed by atoms with Gasteiger partial charge in [-0.2, -0.15) is 4.98 Å². The molecular formula is C20H21F2N5O3. The first kappa shape index (κ1) is 20.0. The van der Waals surface area contributed by atoms with Gasteiger partial charge in [0.2, 0.25) is 17.8 Å². The molecule has 2 aliphatic heterocycles. The maximum Gasteiger partial charge on any atom is 0.258 e. The van der Waals surface area contributed by atoms with Crippen LogP contribution in [-0.4, -0.2) is 34.9 Å². The quantitative estimate of drug-likeness (QED) is 0.711. The zero-order valence-electron chi connectivity index (χ0n) is 16.3. The second kappa shape index (κ2) is 7.85. The fourth-order valence-electron chi connectivity index (χ4n) is 3.76. The zero-order valence-corrected chi connectivity index (χ0v) is 16.3. The third-order valence-corrected chi connectivity index (χ3v) is 5.53. The summed E-state index contributed by atoms with van der Waals surface area (Å²) in [4.78, 5) is 46.8. The number of amides is 2. The van der Waals surface area contributed by atoms with Crippen molar-refractivity contribution >= 4 is 29.3 Å². The number of hydrogen-bond donors (Lipinski definition) is 3. The van der Waals surface area contributed by atoms with Crippen molar-refractivity contribution in [2.24, 2.45) is 5.92 Å². The van der Waals surface area contributed by atoms with E-state index in [1.165, 1.54) is 6.07 Å². The van der Waals surface area contributed by atoms with Crippen molar-refractivity contribution in [3.8, 4) is 0 Å². The van der Waals surface area contributed by atoms with Gasteiger partial charge in [0.05, 0.1) is 11.5 Å². The van der Waals surface area contributed by atoms with E-state index in [0.29, 0.717) is 11.9 Å². The number of rotatable bonds is 3. The molecule has 1 aromatic carbocycles. The van der Waals surface area contributed by atoms with Crippen molar-refractivity contribution in [1.82, 2.24) is 9.97 Å². The molecule has 1 saturated heterocycles. The van der Waals surface area contributed by atoms with Gasteiger partial charge in [-0.1, -0.05) is 6.92 Å². The summed E-state index contributed by atoms with van der Waals surface area (Å²) in [7, 11) is 0. The van der Waals surface area contributed by atoms with E-state index in [4.69, 9.17) is 0 Å². The molecule has 3 heterocycles. The summed E-state index contributed by atoms with van der Waals surface area (Å²) in [6, 6.07) is 2.91. The van der Waals surface area contributed by atoms with Crippen molar-refractivity contribution in [2.45, 2.75) is 32.1 Å². The molecule has 2 aliphatic rings. The van der Waals surface area contributed by atoms with E-state index in [-0.39, 0.29) is 23.5 Å². The van der Waals surface area contributed by atoms with Crippen LogP contribution < -0.4 is 21.1 Å². The number of aromatic amines is 1. The van der Waals surface area contributed by atoms with Gasteiger partial charge in [-0.15, -0.1) is 0 Å². The largest absolute Gasteiger partial charge is 0.342 e. The third kappa shape index (κ3) is 3.89. The van der Waals surface area contributed by atoms with Crippen LogP contribution in [0.1, 0.15) is 37.7 Å². The predicted octanol–water partition coefficient (Wildman–Crippen LogP) is 2.35. The van der Waals surface area contributed by atoms with Crippen molar-refractivity contribution in [3.63, 3.8) is 0 Å². The number of benzene rings is 1. The Kier molecular flexibility index (Phi) is 5.23. The van der Waals surface area contributed by atoms with Crippen molar-refractivity contribution < 1.29 is 18.4 Å². The SMILES string of the molecule is CC1CCN(c2nc3c(c(=O)[nH]2)[C@@H](C(=O)Nc2ccc(F)c(F)c2)CC(=O)N3)CC1. The number of nitrogens with zero attached hydrogens (tertiary/aromatic N) is 2. The van der Waals surface area contributed by atoms with E-state index in [9.17, 15) is 23.2 Å². The van der Waals surface area contributed by atoms with Gasteiger partial charge >= 0.3 is 0 Å². The van der Waals surface area contributed by atoms with E-state index >= 15 is 0 Å². The molecular weight excluding hydrogens is 396 g/mol. The number of H-pyrrole nitrogens is 1. The predicted molar refractivity (Wildman–Crippen MR) is 106 cm³/mol. The second-order valence-electron chi connectivity index (χ2n) is 7.74. The van der Waals surface area contributed by atoms with Crippen LogP contribution in [0.3, 0.4) is 0 Å². The van der Waals surface area contributed by atoms with E-state index in [1.54, 1.807) is 0 Å². The Morgan fingerprint density at radius 1 is 1.20 bits per heavy atom. The Bertz CT molecular complexity index is 1060. The first-order chi connectivity index (χ1) is 14.3. The van der Waals surface area contributed by atoms with Gasteiger partial charge in [0.25, 0.3) is 5.56 Å². The highest BCUT2D eigenvalue weighted by Crippen LogP contribution is 2.31. The molecule has 30 heavy (non-hydrogen) atoms. The summed E-state index contributed by atoms with van der Waals surface area (Å²) < 4.78 is 26.5. The number of carbonyl (C=O) groups excluding carboxylic acids is 2. The van der Waals surface area contributed by atoms with Gasteiger partial charge in [0.15, 0.2) is 11.6 Å². The normalized spacial score (nSPS) is 19.2. The van der Waals surface area contributed by atoms with Gasteiger partial charge < -0.3 is 15.5 Å². The minimum absolute atomic E-state index is 0.0230. The number of halogens is 2. The molecule has 0 radical (unpaired) electrons. The molecule has 0 aliphatic carbocycles. The van der Waals surface area contributed by atoms with Gasteiger partial charge in [-0.05, 0) is 30.9 Å². The summed E-state index contributed by atoms with van der Waals surface area (Å²) in [6.07, 6.45) is 1.67. The lowest BCUT2D eigenvalue weighted by molar-refractivity contribution is -0.123. The molecule has 2 amide bonds. The molecule has 4 rings (SSSR count). The zero-order chi connectivity index (χ0) is 21.4. The van der Waals surface area contributed by atoms with Crippen LogP contribution in [0.4, 0.5) is 26.2 Å². The standard InChI is InChI=1S/C20H21F2N5O3/c1-10-4-6-27(7-5-10)20-25-17-16(19(30)26-20)12(9-15(28)24-17)18(29)23-11-2-3-13(21)14(22)8-11/h2-3,8,10,12H,4-7,9H2,1H3,(H,23,29)(H2,24,25,26,28,30)/t12-/m0/s1. The molecule has 3 N–H and O–H groups in total. The highest BCUT2D eigenvalue weighted by Gasteiger charge is 2.35. The van der Waals surface area contributed by atoms with E-state index in [1.807, 2.05) is 4.90 Å². The van der Waals surface area contributed by atoms with Gasteiger partial charge in [0.1, 0.15) is 5.82 Å². The van der Waals surface area contributed by atoms with Crippen LogP contribution in [0, 0.1) is 17.6 Å². The summed E-state index contributed by atoms with van der Waals surface area (Å²) >= 11 is 0. The lowest BCUT2D eigenvalue weighted by Crippen LogP contribution is -2.39. The van der Waals surface area contributed by atoms with Crippen LogP contribution in [0.5, 0.6) is 0 Å². The topological polar surface area (TPSA) is 107 Å². The average Bonchev–Trinajstić information content (AvgIpc) is 2.70. The molecule has 0 spiro atoms. The maximum atomic E-state index is 13.4. The summed E-state index contributed by atoms with van der Waals surface area (Å²) in [5.41, 5.74) is -0.447. The number of anilines is 3. The van der Waals surface area contributed by atoms with Crippen LogP contribution in [0.25, 0.3) is 0 Å². The van der Waals surface area contributed by atoms with Crippen LogP contribution >= 0.6 is 0 Å². The highest BCUT2D eigenvalue weighted by atomic mass is 19.2. The third-order valence-electron chi connectivity index (χ3n) is 5.53. The molecule has 1 atom stereocenters. The Hall–Kier alpha value is -3.30. The Balaban J connectivity index is 1.62. The Morgan fingerprint density at radius 2 is 1.93 bits per heavy atom. The molecule has 0 saturated carbocycles. The number of carbonyl (C=O) groups is 2. The molecule has 1 fully saturated rings. The lowest BCUT2D eigenvalue weighted by Gasteiger charge is -2.31. The molecule has 158 valence electrons. The van der Waals surface area contributed by atoms with E-state index in [0.717, 1.165) is 38.1 Å². The van der Waals surface area contributed by atoms with Gasteiger partial charge in [-0.25, -0.2) is 8.78 Å². The summed E-state index contributed by atoms with van der Waals surface area (Å²) in [5.74, 6) is -3.40. The average molecular weight is 417 g/mol. The molecule has 2 aromatic rings. The second-order valence-corrected chi connectivity index (χ2v) is 7.74. The van der Waals surface area contributed by atoms with Gasteiger partial charge in [-0.3, -0.25) is 19.4 Å². The molecule has 0 unspecified atom stereocenters. The summed E-state index contributed by atoms with van der Waals surface area (Å²) in [6.45, 7) is 3.63. The number of piperidine rings is 1. The van der Waals surface area contributed by atoms with Crippen molar-refractivity contribution in [2.75, 3.05) is 28.6 Å². The molecule has 8 nitrogen and oxygen atoms in total.